The molecule has 7 heteroatoms. The van der Waals surface area contributed by atoms with E-state index in [9.17, 15) is 13.2 Å². The second-order valence-electron chi connectivity index (χ2n) is 4.72. The third-order valence-corrected chi connectivity index (χ3v) is 2.50. The van der Waals surface area contributed by atoms with E-state index in [0.717, 1.165) is 25.0 Å². The van der Waals surface area contributed by atoms with Gasteiger partial charge in [0.2, 0.25) is 0 Å². The van der Waals surface area contributed by atoms with Crippen LogP contribution in [0, 0.1) is 0 Å². The average Bonchev–Trinajstić information content (AvgIpc) is 2.31. The maximum Gasteiger partial charge on any atom is 0.416 e. The lowest BCUT2D eigenvalue weighted by molar-refractivity contribution is -0.137. The molecule has 114 valence electrons. The van der Waals surface area contributed by atoms with Crippen LogP contribution in [0.1, 0.15) is 32.3 Å². The smallest absolute Gasteiger partial charge is 0.384 e. The second-order valence-corrected chi connectivity index (χ2v) is 4.72. The number of nitrogens with two attached hydrogens (primary N) is 1. The molecule has 0 saturated carbocycles. The van der Waals surface area contributed by atoms with E-state index < -0.39 is 11.7 Å². The number of halogens is 3. The number of pyridine rings is 1. The van der Waals surface area contributed by atoms with Crippen molar-refractivity contribution < 1.29 is 17.9 Å². The predicted octanol–water partition coefficient (Wildman–Crippen LogP) is 3.30. The first kappa shape index (κ1) is 16.6. The Hall–Kier alpha value is -1.50. The van der Waals surface area contributed by atoms with Gasteiger partial charge in [-0.1, -0.05) is 0 Å². The van der Waals surface area contributed by atoms with Crippen molar-refractivity contribution in [1.29, 1.82) is 0 Å². The maximum atomic E-state index is 12.6. The SMILES string of the molecule is CC(C)OCCCCNc1cc(C(F)(F)F)cc(N)n1. The summed E-state index contributed by atoms with van der Waals surface area (Å²) in [5, 5.41) is 2.84. The molecule has 0 bridgehead atoms. The van der Waals surface area contributed by atoms with Gasteiger partial charge in [0.1, 0.15) is 11.6 Å². The van der Waals surface area contributed by atoms with Gasteiger partial charge in [0, 0.05) is 13.2 Å². The van der Waals surface area contributed by atoms with Crippen LogP contribution < -0.4 is 11.1 Å². The van der Waals surface area contributed by atoms with Crippen molar-refractivity contribution in [3.8, 4) is 0 Å². The molecule has 0 unspecified atom stereocenters. The normalized spacial score (nSPS) is 11.9. The second kappa shape index (κ2) is 7.33. The number of aromatic nitrogens is 1. The van der Waals surface area contributed by atoms with Crippen molar-refractivity contribution in [2.24, 2.45) is 0 Å². The van der Waals surface area contributed by atoms with E-state index in [1.807, 2.05) is 13.8 Å². The van der Waals surface area contributed by atoms with Gasteiger partial charge in [0.25, 0.3) is 0 Å². The lowest BCUT2D eigenvalue weighted by Crippen LogP contribution is -2.11. The minimum Gasteiger partial charge on any atom is -0.384 e. The first-order valence-electron chi connectivity index (χ1n) is 6.49. The average molecular weight is 291 g/mol. The molecule has 0 aromatic carbocycles. The van der Waals surface area contributed by atoms with Gasteiger partial charge >= 0.3 is 6.18 Å². The van der Waals surface area contributed by atoms with E-state index in [-0.39, 0.29) is 17.7 Å². The highest BCUT2D eigenvalue weighted by Gasteiger charge is 2.31. The first-order chi connectivity index (χ1) is 9.29. The summed E-state index contributed by atoms with van der Waals surface area (Å²) in [7, 11) is 0. The molecule has 1 rings (SSSR count). The number of hydrogen-bond donors (Lipinski definition) is 2. The van der Waals surface area contributed by atoms with Gasteiger partial charge in [-0.2, -0.15) is 13.2 Å². The standard InChI is InChI=1S/C13H20F3N3O/c1-9(2)20-6-4-3-5-18-12-8-10(13(14,15)16)7-11(17)19-12/h7-9H,3-6H2,1-2H3,(H3,17,18,19). The third kappa shape index (κ3) is 6.10. The number of nitrogen functional groups attached to an aromatic ring is 1. The molecule has 20 heavy (non-hydrogen) atoms. The van der Waals surface area contributed by atoms with Crippen LogP contribution in [0.3, 0.4) is 0 Å². The Labute approximate surface area is 116 Å². The quantitative estimate of drug-likeness (QED) is 0.757. The molecule has 3 N–H and O–H groups in total. The van der Waals surface area contributed by atoms with Gasteiger partial charge in [-0.05, 0) is 38.8 Å². The Morgan fingerprint density at radius 2 is 2.00 bits per heavy atom. The lowest BCUT2D eigenvalue weighted by atomic mass is 10.2. The number of hydrogen-bond acceptors (Lipinski definition) is 4. The Morgan fingerprint density at radius 3 is 2.60 bits per heavy atom. The summed E-state index contributed by atoms with van der Waals surface area (Å²) in [6.45, 7) is 5.06. The molecule has 0 aliphatic heterocycles. The zero-order valence-electron chi connectivity index (χ0n) is 11.6. The summed E-state index contributed by atoms with van der Waals surface area (Å²) in [6.07, 6.45) is -2.61. The number of ether oxygens (including phenoxy) is 1. The van der Waals surface area contributed by atoms with E-state index in [2.05, 4.69) is 10.3 Å². The van der Waals surface area contributed by atoms with E-state index in [1.54, 1.807) is 0 Å². The summed E-state index contributed by atoms with van der Waals surface area (Å²) in [5.74, 6) is -0.00688. The van der Waals surface area contributed by atoms with E-state index >= 15 is 0 Å². The zero-order chi connectivity index (χ0) is 15.2. The molecular weight excluding hydrogens is 271 g/mol. The van der Waals surface area contributed by atoms with Crippen LogP contribution in [0.15, 0.2) is 12.1 Å². The monoisotopic (exact) mass is 291 g/mol. The topological polar surface area (TPSA) is 60.2 Å². The molecule has 0 aliphatic rings. The molecule has 0 spiro atoms. The van der Waals surface area contributed by atoms with Crippen LogP contribution in [0.2, 0.25) is 0 Å². The van der Waals surface area contributed by atoms with Crippen molar-refractivity contribution in [2.75, 3.05) is 24.2 Å². The fraction of sp³-hybridized carbons (Fsp3) is 0.615. The Morgan fingerprint density at radius 1 is 1.30 bits per heavy atom. The van der Waals surface area contributed by atoms with Crippen molar-refractivity contribution >= 4 is 11.6 Å². The van der Waals surface area contributed by atoms with E-state index in [4.69, 9.17) is 10.5 Å². The van der Waals surface area contributed by atoms with Crippen LogP contribution in [0.5, 0.6) is 0 Å². The number of rotatable bonds is 7. The molecule has 0 atom stereocenters. The Kier molecular flexibility index (Phi) is 6.06. The highest BCUT2D eigenvalue weighted by molar-refractivity contribution is 5.47. The van der Waals surface area contributed by atoms with Crippen LogP contribution in [0.4, 0.5) is 24.8 Å². The Balaban J connectivity index is 2.42. The fourth-order valence-corrected chi connectivity index (χ4v) is 1.57. The zero-order valence-corrected chi connectivity index (χ0v) is 11.6. The molecular formula is C13H20F3N3O. The third-order valence-electron chi connectivity index (χ3n) is 2.50. The molecule has 0 aliphatic carbocycles. The molecule has 0 amide bonds. The Bertz CT molecular complexity index is 422. The first-order valence-corrected chi connectivity index (χ1v) is 6.49. The highest BCUT2D eigenvalue weighted by Crippen LogP contribution is 2.31. The van der Waals surface area contributed by atoms with Crippen molar-refractivity contribution in [1.82, 2.24) is 4.98 Å². The fourth-order valence-electron chi connectivity index (χ4n) is 1.57. The predicted molar refractivity (Wildman–Crippen MR) is 72.5 cm³/mol. The summed E-state index contributed by atoms with van der Waals surface area (Å²) in [6, 6.07) is 1.78. The number of nitrogens with one attached hydrogen (secondary N) is 1. The summed E-state index contributed by atoms with van der Waals surface area (Å²) < 4.78 is 43.1. The van der Waals surface area contributed by atoms with Gasteiger partial charge in [-0.15, -0.1) is 0 Å². The molecule has 1 heterocycles. The van der Waals surface area contributed by atoms with Crippen LogP contribution in [-0.2, 0) is 10.9 Å². The van der Waals surface area contributed by atoms with Gasteiger partial charge in [-0.3, -0.25) is 0 Å². The molecule has 1 aromatic rings. The lowest BCUT2D eigenvalue weighted by Gasteiger charge is -2.11. The van der Waals surface area contributed by atoms with Gasteiger partial charge in [-0.25, -0.2) is 4.98 Å². The van der Waals surface area contributed by atoms with Crippen molar-refractivity contribution in [2.45, 2.75) is 39.0 Å². The summed E-state index contributed by atoms with van der Waals surface area (Å²) in [4.78, 5) is 3.83. The van der Waals surface area contributed by atoms with Crippen LogP contribution in [-0.4, -0.2) is 24.2 Å². The largest absolute Gasteiger partial charge is 0.416 e. The van der Waals surface area contributed by atoms with Crippen molar-refractivity contribution in [3.63, 3.8) is 0 Å². The van der Waals surface area contributed by atoms with Gasteiger partial charge < -0.3 is 15.8 Å². The van der Waals surface area contributed by atoms with E-state index in [1.165, 1.54) is 0 Å². The van der Waals surface area contributed by atoms with Crippen molar-refractivity contribution in [3.05, 3.63) is 17.7 Å². The van der Waals surface area contributed by atoms with Crippen LogP contribution in [0.25, 0.3) is 0 Å². The molecule has 0 radical (unpaired) electrons. The number of anilines is 2. The van der Waals surface area contributed by atoms with Crippen LogP contribution >= 0.6 is 0 Å². The minimum atomic E-state index is -4.42. The van der Waals surface area contributed by atoms with E-state index in [0.29, 0.717) is 13.2 Å². The molecule has 0 saturated heterocycles. The number of alkyl halides is 3. The van der Waals surface area contributed by atoms with Gasteiger partial charge in [0.15, 0.2) is 0 Å². The molecule has 4 nitrogen and oxygen atoms in total. The maximum absolute atomic E-state index is 12.6. The van der Waals surface area contributed by atoms with Gasteiger partial charge in [0.05, 0.1) is 11.7 Å². The number of nitrogens with zero attached hydrogens (tertiary/aromatic N) is 1. The molecule has 0 fully saturated rings. The summed E-state index contributed by atoms with van der Waals surface area (Å²) in [5.41, 5.74) is 4.57. The highest BCUT2D eigenvalue weighted by atomic mass is 19.4. The summed E-state index contributed by atoms with van der Waals surface area (Å²) >= 11 is 0. The molecule has 1 aromatic heterocycles. The minimum absolute atomic E-state index is 0.141. The number of unbranched alkanes of at least 4 members (excludes halogenated alkanes) is 1.